The van der Waals surface area contributed by atoms with Gasteiger partial charge in [-0.05, 0) is 12.1 Å². The maximum absolute atomic E-state index is 13.0. The fourth-order valence-electron chi connectivity index (χ4n) is 1.12. The van der Waals surface area contributed by atoms with Crippen LogP contribution in [0.4, 0.5) is 13.2 Å². The molecule has 0 fully saturated rings. The lowest BCUT2D eigenvalue weighted by Crippen LogP contribution is -2.10. The van der Waals surface area contributed by atoms with Crippen molar-refractivity contribution in [1.82, 2.24) is 0 Å². The molecule has 6 heteroatoms. The summed E-state index contributed by atoms with van der Waals surface area (Å²) in [7, 11) is 0. The van der Waals surface area contributed by atoms with Crippen molar-refractivity contribution in [2.45, 2.75) is 12.5 Å². The third-order valence-electron chi connectivity index (χ3n) is 1.78. The van der Waals surface area contributed by atoms with Crippen LogP contribution >= 0.6 is 0 Å². The standard InChI is InChI=1S/C9H7F3O3/c10-4-1-2-5(11)9(12)8(4)6(13)3-7(14)15/h1-2,6,13H,3H2,(H,14,15). The highest BCUT2D eigenvalue weighted by Gasteiger charge is 2.22. The minimum absolute atomic E-state index is 0.557. The van der Waals surface area contributed by atoms with Crippen molar-refractivity contribution in [1.29, 1.82) is 0 Å². The molecule has 0 aromatic heterocycles. The van der Waals surface area contributed by atoms with Gasteiger partial charge in [0.1, 0.15) is 5.82 Å². The summed E-state index contributed by atoms with van der Waals surface area (Å²) < 4.78 is 38.6. The molecule has 0 amide bonds. The minimum Gasteiger partial charge on any atom is -0.481 e. The normalized spacial score (nSPS) is 12.5. The smallest absolute Gasteiger partial charge is 0.306 e. The van der Waals surface area contributed by atoms with Crippen LogP contribution in [0.25, 0.3) is 0 Å². The Morgan fingerprint density at radius 3 is 2.33 bits per heavy atom. The lowest BCUT2D eigenvalue weighted by atomic mass is 10.1. The Hall–Kier alpha value is -1.56. The second-order valence-electron chi connectivity index (χ2n) is 2.87. The van der Waals surface area contributed by atoms with Gasteiger partial charge in [0, 0.05) is 0 Å². The molecule has 0 saturated heterocycles. The maximum atomic E-state index is 13.0. The van der Waals surface area contributed by atoms with Gasteiger partial charge in [-0.15, -0.1) is 0 Å². The molecule has 3 nitrogen and oxygen atoms in total. The summed E-state index contributed by atoms with van der Waals surface area (Å²) in [5.74, 6) is -5.52. The molecule has 1 aromatic rings. The number of rotatable bonds is 3. The number of carbonyl (C=O) groups is 1. The topological polar surface area (TPSA) is 57.5 Å². The summed E-state index contributed by atoms with van der Waals surface area (Å²) in [6, 6.07) is 1.18. The molecular weight excluding hydrogens is 213 g/mol. The van der Waals surface area contributed by atoms with Crippen molar-refractivity contribution in [2.24, 2.45) is 0 Å². The summed E-state index contributed by atoms with van der Waals surface area (Å²) in [4.78, 5) is 10.2. The second-order valence-corrected chi connectivity index (χ2v) is 2.87. The zero-order valence-corrected chi connectivity index (χ0v) is 7.38. The summed E-state index contributed by atoms with van der Waals surface area (Å²) >= 11 is 0. The molecule has 1 unspecified atom stereocenters. The van der Waals surface area contributed by atoms with Crippen molar-refractivity contribution in [3.63, 3.8) is 0 Å². The van der Waals surface area contributed by atoms with Gasteiger partial charge in [-0.25, -0.2) is 13.2 Å². The Morgan fingerprint density at radius 1 is 1.27 bits per heavy atom. The number of carboxylic acid groups (broad SMARTS) is 1. The molecule has 0 saturated carbocycles. The summed E-state index contributed by atoms with van der Waals surface area (Å²) in [6.07, 6.45) is -2.80. The fourth-order valence-corrected chi connectivity index (χ4v) is 1.12. The van der Waals surface area contributed by atoms with E-state index in [1.807, 2.05) is 0 Å². The molecular formula is C9H7F3O3. The van der Waals surface area contributed by atoms with Crippen molar-refractivity contribution in [3.8, 4) is 0 Å². The van der Waals surface area contributed by atoms with Gasteiger partial charge < -0.3 is 10.2 Å². The first-order chi connectivity index (χ1) is 6.93. The molecule has 1 aromatic carbocycles. The molecule has 0 aliphatic carbocycles. The first-order valence-corrected chi connectivity index (χ1v) is 3.96. The molecule has 82 valence electrons. The van der Waals surface area contributed by atoms with Gasteiger partial charge in [0.15, 0.2) is 11.6 Å². The van der Waals surface area contributed by atoms with Gasteiger partial charge in [-0.3, -0.25) is 4.79 Å². The third-order valence-corrected chi connectivity index (χ3v) is 1.78. The number of hydrogen-bond acceptors (Lipinski definition) is 2. The molecule has 0 heterocycles. The molecule has 2 N–H and O–H groups in total. The number of carboxylic acids is 1. The van der Waals surface area contributed by atoms with Gasteiger partial charge in [0.25, 0.3) is 0 Å². The fraction of sp³-hybridized carbons (Fsp3) is 0.222. The monoisotopic (exact) mass is 220 g/mol. The quantitative estimate of drug-likeness (QED) is 0.761. The van der Waals surface area contributed by atoms with Crippen LogP contribution < -0.4 is 0 Å². The van der Waals surface area contributed by atoms with Crippen LogP contribution in [0.2, 0.25) is 0 Å². The molecule has 15 heavy (non-hydrogen) atoms. The van der Waals surface area contributed by atoms with Gasteiger partial charge in [-0.1, -0.05) is 0 Å². The number of aliphatic hydroxyl groups excluding tert-OH is 1. The highest BCUT2D eigenvalue weighted by atomic mass is 19.2. The van der Waals surface area contributed by atoms with E-state index in [0.29, 0.717) is 12.1 Å². The lowest BCUT2D eigenvalue weighted by Gasteiger charge is -2.10. The third kappa shape index (κ3) is 2.47. The van der Waals surface area contributed by atoms with Crippen LogP contribution in [0.3, 0.4) is 0 Å². The van der Waals surface area contributed by atoms with Crippen molar-refractivity contribution < 1.29 is 28.2 Å². The Balaban J connectivity index is 3.12. The number of aliphatic carboxylic acids is 1. The lowest BCUT2D eigenvalue weighted by molar-refractivity contribution is -0.139. The zero-order chi connectivity index (χ0) is 11.6. The van der Waals surface area contributed by atoms with Crippen LogP contribution in [0.5, 0.6) is 0 Å². The number of hydrogen-bond donors (Lipinski definition) is 2. The molecule has 0 bridgehead atoms. The molecule has 1 rings (SSSR count). The first-order valence-electron chi connectivity index (χ1n) is 3.96. The van der Waals surface area contributed by atoms with E-state index in [-0.39, 0.29) is 0 Å². The second kappa shape index (κ2) is 4.31. The van der Waals surface area contributed by atoms with E-state index in [1.165, 1.54) is 0 Å². The van der Waals surface area contributed by atoms with Crippen molar-refractivity contribution in [2.75, 3.05) is 0 Å². The van der Waals surface area contributed by atoms with Gasteiger partial charge in [-0.2, -0.15) is 0 Å². The average molecular weight is 220 g/mol. The van der Waals surface area contributed by atoms with Crippen LogP contribution in [-0.2, 0) is 4.79 Å². The van der Waals surface area contributed by atoms with Gasteiger partial charge >= 0.3 is 5.97 Å². The summed E-state index contributed by atoms with van der Waals surface area (Å²) in [6.45, 7) is 0. The number of halogens is 3. The predicted molar refractivity (Wildman–Crippen MR) is 43.5 cm³/mol. The predicted octanol–water partition coefficient (Wildman–Crippen LogP) is 1.61. The molecule has 0 spiro atoms. The zero-order valence-electron chi connectivity index (χ0n) is 7.38. The van der Waals surface area contributed by atoms with Crippen LogP contribution in [0, 0.1) is 17.5 Å². The SMILES string of the molecule is O=C(O)CC(O)c1c(F)ccc(F)c1F. The van der Waals surface area contributed by atoms with Crippen molar-refractivity contribution >= 4 is 5.97 Å². The Morgan fingerprint density at radius 2 is 1.80 bits per heavy atom. The molecule has 0 aliphatic rings. The van der Waals surface area contributed by atoms with E-state index in [4.69, 9.17) is 10.2 Å². The van der Waals surface area contributed by atoms with Crippen LogP contribution in [0.1, 0.15) is 18.1 Å². The summed E-state index contributed by atoms with van der Waals surface area (Å²) in [5.41, 5.74) is -0.961. The maximum Gasteiger partial charge on any atom is 0.306 e. The van der Waals surface area contributed by atoms with E-state index in [1.54, 1.807) is 0 Å². The molecule has 0 aliphatic heterocycles. The van der Waals surface area contributed by atoms with Crippen LogP contribution in [-0.4, -0.2) is 16.2 Å². The van der Waals surface area contributed by atoms with E-state index < -0.39 is 41.5 Å². The minimum atomic E-state index is -1.90. The van der Waals surface area contributed by atoms with Gasteiger partial charge in [0.05, 0.1) is 18.1 Å². The number of aliphatic hydroxyl groups is 1. The van der Waals surface area contributed by atoms with E-state index >= 15 is 0 Å². The van der Waals surface area contributed by atoms with Crippen LogP contribution in [0.15, 0.2) is 12.1 Å². The van der Waals surface area contributed by atoms with E-state index in [0.717, 1.165) is 0 Å². The Bertz CT molecular complexity index is 392. The van der Waals surface area contributed by atoms with E-state index in [9.17, 15) is 18.0 Å². The highest BCUT2D eigenvalue weighted by molar-refractivity contribution is 5.67. The molecule has 1 atom stereocenters. The largest absolute Gasteiger partial charge is 0.481 e. The summed E-state index contributed by atoms with van der Waals surface area (Å²) in [5, 5.41) is 17.4. The Labute approximate surface area is 82.8 Å². The Kier molecular flexibility index (Phi) is 3.31. The molecule has 0 radical (unpaired) electrons. The van der Waals surface area contributed by atoms with Crippen molar-refractivity contribution in [3.05, 3.63) is 35.1 Å². The van der Waals surface area contributed by atoms with E-state index in [2.05, 4.69) is 0 Å². The highest BCUT2D eigenvalue weighted by Crippen LogP contribution is 2.24. The number of benzene rings is 1. The van der Waals surface area contributed by atoms with Gasteiger partial charge in [0.2, 0.25) is 0 Å². The average Bonchev–Trinajstić information content (AvgIpc) is 2.11. The first kappa shape index (κ1) is 11.5.